The average molecular weight is 390 g/mol. The Kier molecular flexibility index (Phi) is 6.50. The summed E-state index contributed by atoms with van der Waals surface area (Å²) in [5.74, 6) is 0.0269. The van der Waals surface area contributed by atoms with E-state index in [0.29, 0.717) is 13.1 Å². The topological polar surface area (TPSA) is 72.6 Å². The highest BCUT2D eigenvalue weighted by Gasteiger charge is 2.23. The molecule has 0 aromatic heterocycles. The van der Waals surface area contributed by atoms with Gasteiger partial charge in [0.25, 0.3) is 0 Å². The molecule has 0 aliphatic heterocycles. The van der Waals surface area contributed by atoms with Crippen molar-refractivity contribution in [3.05, 3.63) is 77.9 Å². The fourth-order valence-electron chi connectivity index (χ4n) is 3.37. The number of primary amides is 1. The summed E-state index contributed by atoms with van der Waals surface area (Å²) < 4.78 is 5.27. The fraction of sp³-hybridized carbons (Fsp3) is 0.250. The van der Waals surface area contributed by atoms with Gasteiger partial charge in [-0.15, -0.1) is 0 Å². The molecule has 2 N–H and O–H groups in total. The molecule has 0 saturated heterocycles. The van der Waals surface area contributed by atoms with Crippen molar-refractivity contribution in [3.8, 4) is 5.75 Å². The molecule has 0 spiro atoms. The van der Waals surface area contributed by atoms with E-state index in [4.69, 9.17) is 10.5 Å². The number of ether oxygens (including phenoxy) is 1. The number of benzene rings is 3. The van der Waals surface area contributed by atoms with Gasteiger partial charge in [-0.05, 0) is 41.0 Å². The first-order valence-electron chi connectivity index (χ1n) is 9.66. The van der Waals surface area contributed by atoms with E-state index >= 15 is 0 Å². The van der Waals surface area contributed by atoms with Crippen LogP contribution < -0.4 is 10.5 Å². The summed E-state index contributed by atoms with van der Waals surface area (Å²) in [5.41, 5.74) is 7.27. The lowest BCUT2D eigenvalue weighted by atomic mass is 9.96. The maximum Gasteiger partial charge on any atom is 0.230 e. The van der Waals surface area contributed by atoms with Gasteiger partial charge in [-0.25, -0.2) is 0 Å². The summed E-state index contributed by atoms with van der Waals surface area (Å²) in [6.45, 7) is 2.65. The number of nitrogens with zero attached hydrogens (tertiary/aromatic N) is 1. The largest absolute Gasteiger partial charge is 0.497 e. The van der Waals surface area contributed by atoms with Crippen molar-refractivity contribution in [3.63, 3.8) is 0 Å². The number of amides is 2. The summed E-state index contributed by atoms with van der Waals surface area (Å²) in [7, 11) is 1.64. The van der Waals surface area contributed by atoms with E-state index in [0.717, 1.165) is 27.6 Å². The molecule has 5 heteroatoms. The van der Waals surface area contributed by atoms with Crippen LogP contribution in [0.5, 0.6) is 5.75 Å². The summed E-state index contributed by atoms with van der Waals surface area (Å²) in [4.78, 5) is 26.3. The van der Waals surface area contributed by atoms with Gasteiger partial charge in [0, 0.05) is 19.5 Å². The molecular weight excluding hydrogens is 364 g/mol. The second-order valence-corrected chi connectivity index (χ2v) is 7.16. The van der Waals surface area contributed by atoms with E-state index in [2.05, 4.69) is 0 Å². The number of carbonyl (C=O) groups is 2. The third kappa shape index (κ3) is 5.13. The monoisotopic (exact) mass is 390 g/mol. The fourth-order valence-corrected chi connectivity index (χ4v) is 3.37. The van der Waals surface area contributed by atoms with Crippen LogP contribution in [0, 0.1) is 0 Å². The molecule has 3 aromatic rings. The quantitative estimate of drug-likeness (QED) is 0.635. The van der Waals surface area contributed by atoms with E-state index in [9.17, 15) is 9.59 Å². The Morgan fingerprint density at radius 1 is 1.00 bits per heavy atom. The standard InChI is InChI=1S/C24H26N2O3/c1-17(19-8-9-21-15-22(29-2)11-10-20(21)14-19)24(28)26(13-12-23(25)27)16-18-6-4-3-5-7-18/h3-11,14-15,17H,12-13,16H2,1-2H3,(H2,25,27)/t17-/m0/s1. The number of methoxy groups -OCH3 is 1. The van der Waals surface area contributed by atoms with Crippen LogP contribution in [0.25, 0.3) is 10.8 Å². The van der Waals surface area contributed by atoms with E-state index in [1.807, 2.05) is 73.7 Å². The Bertz CT molecular complexity index is 1000. The highest BCUT2D eigenvalue weighted by molar-refractivity contribution is 5.88. The zero-order chi connectivity index (χ0) is 20.8. The summed E-state index contributed by atoms with van der Waals surface area (Å²) in [5, 5.41) is 2.11. The molecule has 3 rings (SSSR count). The van der Waals surface area contributed by atoms with Gasteiger partial charge in [-0.3, -0.25) is 9.59 Å². The third-order valence-corrected chi connectivity index (χ3v) is 5.10. The maximum absolute atomic E-state index is 13.3. The van der Waals surface area contributed by atoms with Gasteiger partial charge in [0.15, 0.2) is 0 Å². The first-order valence-corrected chi connectivity index (χ1v) is 9.66. The Morgan fingerprint density at radius 3 is 2.38 bits per heavy atom. The number of fused-ring (bicyclic) bond motifs is 1. The zero-order valence-corrected chi connectivity index (χ0v) is 16.8. The van der Waals surface area contributed by atoms with Crippen molar-refractivity contribution < 1.29 is 14.3 Å². The average Bonchev–Trinajstić information content (AvgIpc) is 2.75. The van der Waals surface area contributed by atoms with Crippen LogP contribution in [0.2, 0.25) is 0 Å². The minimum Gasteiger partial charge on any atom is -0.497 e. The van der Waals surface area contributed by atoms with Gasteiger partial charge in [0.1, 0.15) is 5.75 Å². The van der Waals surface area contributed by atoms with Crippen LogP contribution in [-0.4, -0.2) is 30.4 Å². The van der Waals surface area contributed by atoms with Gasteiger partial charge in [0.2, 0.25) is 11.8 Å². The van der Waals surface area contributed by atoms with Gasteiger partial charge in [-0.1, -0.05) is 54.6 Å². The molecule has 150 valence electrons. The second kappa shape index (κ2) is 9.24. The molecule has 0 saturated carbocycles. The minimum atomic E-state index is -0.414. The van der Waals surface area contributed by atoms with Crippen LogP contribution in [0.3, 0.4) is 0 Å². The molecule has 0 radical (unpaired) electrons. The molecule has 0 unspecified atom stereocenters. The highest BCUT2D eigenvalue weighted by atomic mass is 16.5. The first kappa shape index (κ1) is 20.4. The van der Waals surface area contributed by atoms with E-state index < -0.39 is 5.91 Å². The van der Waals surface area contributed by atoms with E-state index in [1.54, 1.807) is 12.0 Å². The van der Waals surface area contributed by atoms with Crippen LogP contribution in [0.1, 0.15) is 30.4 Å². The Balaban J connectivity index is 1.83. The lowest BCUT2D eigenvalue weighted by molar-refractivity contribution is -0.133. The van der Waals surface area contributed by atoms with E-state index in [1.165, 1.54) is 0 Å². The summed E-state index contributed by atoms with van der Waals surface area (Å²) >= 11 is 0. The molecule has 1 atom stereocenters. The predicted molar refractivity (Wildman–Crippen MR) is 115 cm³/mol. The van der Waals surface area contributed by atoms with Gasteiger partial charge in [0.05, 0.1) is 13.0 Å². The maximum atomic E-state index is 13.3. The molecule has 29 heavy (non-hydrogen) atoms. The van der Waals surface area contributed by atoms with Crippen molar-refractivity contribution in [1.29, 1.82) is 0 Å². The first-order chi connectivity index (χ1) is 14.0. The molecule has 0 aliphatic rings. The molecule has 5 nitrogen and oxygen atoms in total. The Morgan fingerprint density at radius 2 is 1.69 bits per heavy atom. The SMILES string of the molecule is COc1ccc2cc([C@H](C)C(=O)N(CCC(N)=O)Cc3ccccc3)ccc2c1. The lowest BCUT2D eigenvalue weighted by Crippen LogP contribution is -2.36. The van der Waals surface area contributed by atoms with Gasteiger partial charge < -0.3 is 15.4 Å². The van der Waals surface area contributed by atoms with Crippen molar-refractivity contribution >= 4 is 22.6 Å². The molecule has 0 fully saturated rings. The van der Waals surface area contributed by atoms with Crippen molar-refractivity contribution in [1.82, 2.24) is 4.90 Å². The van der Waals surface area contributed by atoms with Crippen LogP contribution in [-0.2, 0) is 16.1 Å². The van der Waals surface area contributed by atoms with Crippen LogP contribution in [0.4, 0.5) is 0 Å². The Hall–Kier alpha value is -3.34. The molecule has 0 bridgehead atoms. The number of hydrogen-bond acceptors (Lipinski definition) is 3. The number of carbonyl (C=O) groups excluding carboxylic acids is 2. The lowest BCUT2D eigenvalue weighted by Gasteiger charge is -2.26. The minimum absolute atomic E-state index is 0.0250. The summed E-state index contributed by atoms with van der Waals surface area (Å²) in [6.07, 6.45) is 0.142. The number of nitrogens with two attached hydrogens (primary N) is 1. The molecule has 0 heterocycles. The molecular formula is C24H26N2O3. The van der Waals surface area contributed by atoms with E-state index in [-0.39, 0.29) is 18.2 Å². The normalized spacial score (nSPS) is 11.8. The number of hydrogen-bond donors (Lipinski definition) is 1. The Labute approximate surface area is 171 Å². The van der Waals surface area contributed by atoms with Crippen molar-refractivity contribution in [2.75, 3.05) is 13.7 Å². The molecule has 2 amide bonds. The van der Waals surface area contributed by atoms with Gasteiger partial charge in [-0.2, -0.15) is 0 Å². The predicted octanol–water partition coefficient (Wildman–Crippen LogP) is 3.86. The molecule has 3 aromatic carbocycles. The van der Waals surface area contributed by atoms with Crippen molar-refractivity contribution in [2.24, 2.45) is 5.73 Å². The second-order valence-electron chi connectivity index (χ2n) is 7.16. The summed E-state index contributed by atoms with van der Waals surface area (Å²) in [6, 6.07) is 21.6. The zero-order valence-electron chi connectivity index (χ0n) is 16.8. The van der Waals surface area contributed by atoms with Crippen LogP contribution in [0.15, 0.2) is 66.7 Å². The number of rotatable bonds is 8. The van der Waals surface area contributed by atoms with Crippen molar-refractivity contribution in [2.45, 2.75) is 25.8 Å². The smallest absolute Gasteiger partial charge is 0.230 e. The van der Waals surface area contributed by atoms with Gasteiger partial charge >= 0.3 is 0 Å². The highest BCUT2D eigenvalue weighted by Crippen LogP contribution is 2.26. The third-order valence-electron chi connectivity index (χ3n) is 5.10. The molecule has 0 aliphatic carbocycles. The van der Waals surface area contributed by atoms with Crippen LogP contribution >= 0.6 is 0 Å².